The Morgan fingerprint density at radius 1 is 0.952 bits per heavy atom. The second-order valence-corrected chi connectivity index (χ2v) is 13.0. The zero-order valence-electron chi connectivity index (χ0n) is 24.0. The number of aryl methyl sites for hydroxylation is 1. The lowest BCUT2D eigenvalue weighted by Crippen LogP contribution is -2.59. The van der Waals surface area contributed by atoms with Crippen LogP contribution in [0.15, 0.2) is 78.9 Å². The first-order chi connectivity index (χ1) is 20.0. The lowest BCUT2D eigenvalue weighted by molar-refractivity contribution is -0.147. The number of amides is 4. The number of carbonyl (C=O) groups is 3. The van der Waals surface area contributed by atoms with Crippen LogP contribution in [0.4, 0.5) is 4.79 Å². The molecule has 0 bridgehead atoms. The van der Waals surface area contributed by atoms with Gasteiger partial charge in [-0.25, -0.2) is 4.79 Å². The Morgan fingerprint density at radius 2 is 1.62 bits per heavy atom. The van der Waals surface area contributed by atoms with Crippen molar-refractivity contribution in [2.24, 2.45) is 0 Å². The van der Waals surface area contributed by atoms with Gasteiger partial charge >= 0.3 is 6.03 Å². The predicted octanol–water partition coefficient (Wildman–Crippen LogP) is 4.42. The van der Waals surface area contributed by atoms with Crippen LogP contribution in [0.5, 0.6) is 0 Å². The van der Waals surface area contributed by atoms with Gasteiger partial charge in [-0.15, -0.1) is 11.8 Å². The highest BCUT2D eigenvalue weighted by Gasteiger charge is 2.49. The van der Waals surface area contributed by atoms with Gasteiger partial charge in [0.05, 0.1) is 11.9 Å². The minimum atomic E-state index is -1.58. The molecule has 1 fully saturated rings. The van der Waals surface area contributed by atoms with Crippen LogP contribution < -0.4 is 16.0 Å². The van der Waals surface area contributed by atoms with E-state index in [1.54, 1.807) is 24.3 Å². The standard InChI is InChI=1S/C32H37ClN4O4S/c1-21-9-7-8-12-24(21)19-34-29(39)28-32(2,3)42-20-37(28)30(40)27(38)26(17-22-10-5-4-6-11-22)36-31(41)35-18-23-13-15-25(33)16-14-23/h4-16,26-28,38H,17-20H2,1-3H3,(H,34,39)(H2,35,36,41)/t26?,27-,28?/m0/s1. The molecule has 4 amide bonds. The van der Waals surface area contributed by atoms with E-state index < -0.39 is 34.9 Å². The maximum absolute atomic E-state index is 13.8. The molecule has 1 heterocycles. The highest BCUT2D eigenvalue weighted by molar-refractivity contribution is 8.00. The summed E-state index contributed by atoms with van der Waals surface area (Å²) in [6, 6.07) is 21.9. The Morgan fingerprint density at radius 3 is 2.31 bits per heavy atom. The maximum Gasteiger partial charge on any atom is 0.315 e. The first-order valence-corrected chi connectivity index (χ1v) is 15.2. The molecule has 0 aromatic heterocycles. The first kappa shape index (κ1) is 31.4. The van der Waals surface area contributed by atoms with Gasteiger partial charge in [0.25, 0.3) is 5.91 Å². The van der Waals surface area contributed by atoms with Crippen molar-refractivity contribution in [2.45, 2.75) is 63.2 Å². The molecule has 3 atom stereocenters. The number of thioether (sulfide) groups is 1. The van der Waals surface area contributed by atoms with E-state index in [1.807, 2.05) is 75.4 Å². The molecule has 8 nitrogen and oxygen atoms in total. The molecule has 2 unspecified atom stereocenters. The Balaban J connectivity index is 1.47. The van der Waals surface area contributed by atoms with Crippen molar-refractivity contribution in [3.63, 3.8) is 0 Å². The van der Waals surface area contributed by atoms with Gasteiger partial charge in [0.15, 0.2) is 6.10 Å². The highest BCUT2D eigenvalue weighted by Crippen LogP contribution is 2.40. The lowest BCUT2D eigenvalue weighted by atomic mass is 9.97. The summed E-state index contributed by atoms with van der Waals surface area (Å²) in [5.74, 6) is -0.656. The summed E-state index contributed by atoms with van der Waals surface area (Å²) >= 11 is 7.42. The van der Waals surface area contributed by atoms with Gasteiger partial charge in [-0.05, 0) is 61.6 Å². The fraction of sp³-hybridized carbons (Fsp3) is 0.344. The van der Waals surface area contributed by atoms with Crippen molar-refractivity contribution >= 4 is 41.2 Å². The smallest absolute Gasteiger partial charge is 0.315 e. The number of hydrogen-bond acceptors (Lipinski definition) is 5. The topological polar surface area (TPSA) is 111 Å². The Hall–Kier alpha value is -3.53. The predicted molar refractivity (Wildman–Crippen MR) is 167 cm³/mol. The number of benzene rings is 3. The molecule has 10 heteroatoms. The van der Waals surface area contributed by atoms with Crippen LogP contribution in [0.2, 0.25) is 5.02 Å². The molecule has 3 aromatic rings. The molecule has 0 spiro atoms. The van der Waals surface area contributed by atoms with Crippen LogP contribution in [0.3, 0.4) is 0 Å². The van der Waals surface area contributed by atoms with Gasteiger partial charge in [0, 0.05) is 22.9 Å². The fourth-order valence-electron chi connectivity index (χ4n) is 4.96. The Labute approximate surface area is 256 Å². The molecule has 0 saturated carbocycles. The lowest BCUT2D eigenvalue weighted by Gasteiger charge is -2.33. The normalized spacial score (nSPS) is 17.3. The zero-order valence-corrected chi connectivity index (χ0v) is 25.5. The van der Waals surface area contributed by atoms with E-state index in [0.29, 0.717) is 11.6 Å². The largest absolute Gasteiger partial charge is 0.381 e. The van der Waals surface area contributed by atoms with Crippen LogP contribution in [0.25, 0.3) is 0 Å². The van der Waals surface area contributed by atoms with E-state index >= 15 is 0 Å². The molecule has 3 aromatic carbocycles. The summed E-state index contributed by atoms with van der Waals surface area (Å²) in [5.41, 5.74) is 3.74. The number of halogens is 1. The van der Waals surface area contributed by atoms with E-state index in [1.165, 1.54) is 16.7 Å². The van der Waals surface area contributed by atoms with E-state index in [9.17, 15) is 19.5 Å². The summed E-state index contributed by atoms with van der Waals surface area (Å²) in [6.45, 7) is 6.39. The van der Waals surface area contributed by atoms with Crippen LogP contribution in [-0.4, -0.2) is 56.7 Å². The van der Waals surface area contributed by atoms with Crippen molar-refractivity contribution < 1.29 is 19.5 Å². The van der Waals surface area contributed by atoms with Crippen molar-refractivity contribution in [3.05, 3.63) is 106 Å². The second-order valence-electron chi connectivity index (χ2n) is 10.9. The van der Waals surface area contributed by atoms with Crippen molar-refractivity contribution in [1.82, 2.24) is 20.9 Å². The number of hydrogen-bond donors (Lipinski definition) is 4. The minimum Gasteiger partial charge on any atom is -0.381 e. The first-order valence-electron chi connectivity index (χ1n) is 13.8. The number of aliphatic hydroxyl groups is 1. The molecule has 0 aliphatic carbocycles. The number of rotatable bonds is 10. The van der Waals surface area contributed by atoms with Gasteiger partial charge in [-0.2, -0.15) is 0 Å². The van der Waals surface area contributed by atoms with E-state index in [0.717, 1.165) is 22.3 Å². The molecule has 1 aliphatic heterocycles. The average Bonchev–Trinajstić information content (AvgIpc) is 3.30. The number of aliphatic hydroxyl groups excluding tert-OH is 1. The number of nitrogens with one attached hydrogen (secondary N) is 3. The van der Waals surface area contributed by atoms with Gasteiger partial charge in [0.2, 0.25) is 5.91 Å². The third kappa shape index (κ3) is 8.06. The molecular weight excluding hydrogens is 572 g/mol. The van der Waals surface area contributed by atoms with E-state index in [4.69, 9.17) is 11.6 Å². The van der Waals surface area contributed by atoms with Crippen molar-refractivity contribution in [2.75, 3.05) is 5.88 Å². The summed E-state index contributed by atoms with van der Waals surface area (Å²) < 4.78 is -0.580. The molecule has 1 saturated heterocycles. The maximum atomic E-state index is 13.8. The fourth-order valence-corrected chi connectivity index (χ4v) is 6.22. The van der Waals surface area contributed by atoms with Crippen LogP contribution in [-0.2, 0) is 29.1 Å². The summed E-state index contributed by atoms with van der Waals surface area (Å²) in [6.07, 6.45) is -1.36. The highest BCUT2D eigenvalue weighted by atomic mass is 35.5. The number of carbonyl (C=O) groups excluding carboxylic acids is 3. The zero-order chi connectivity index (χ0) is 30.3. The quantitative estimate of drug-likeness (QED) is 0.272. The second kappa shape index (κ2) is 14.1. The summed E-state index contributed by atoms with van der Waals surface area (Å²) in [5, 5.41) is 20.5. The molecular formula is C32H37ClN4O4S. The van der Waals surface area contributed by atoms with E-state index in [-0.39, 0.29) is 24.7 Å². The van der Waals surface area contributed by atoms with Gasteiger partial charge in [-0.1, -0.05) is 78.3 Å². The Bertz CT molecular complexity index is 1390. The Kier molecular flexibility index (Phi) is 10.5. The van der Waals surface area contributed by atoms with Crippen LogP contribution >= 0.6 is 23.4 Å². The van der Waals surface area contributed by atoms with Gasteiger partial charge in [0.1, 0.15) is 6.04 Å². The van der Waals surface area contributed by atoms with Gasteiger partial charge < -0.3 is 26.0 Å². The minimum absolute atomic E-state index is 0.219. The third-order valence-electron chi connectivity index (χ3n) is 7.41. The van der Waals surface area contributed by atoms with Crippen molar-refractivity contribution in [3.8, 4) is 0 Å². The van der Waals surface area contributed by atoms with Gasteiger partial charge in [-0.3, -0.25) is 9.59 Å². The number of urea groups is 1. The third-order valence-corrected chi connectivity index (χ3v) is 9.03. The number of nitrogens with zero attached hydrogens (tertiary/aromatic N) is 1. The average molecular weight is 609 g/mol. The van der Waals surface area contributed by atoms with Crippen molar-refractivity contribution in [1.29, 1.82) is 0 Å². The SMILES string of the molecule is Cc1ccccc1CNC(=O)C1N(C(=O)[C@@H](O)C(Cc2ccccc2)NC(=O)NCc2ccc(Cl)cc2)CSC1(C)C. The molecule has 0 radical (unpaired) electrons. The summed E-state index contributed by atoms with van der Waals surface area (Å²) in [4.78, 5) is 41.6. The molecule has 1 aliphatic rings. The molecule has 222 valence electrons. The molecule has 42 heavy (non-hydrogen) atoms. The summed E-state index contributed by atoms with van der Waals surface area (Å²) in [7, 11) is 0. The van der Waals surface area contributed by atoms with Crippen LogP contribution in [0, 0.1) is 6.92 Å². The monoisotopic (exact) mass is 608 g/mol. The van der Waals surface area contributed by atoms with E-state index in [2.05, 4.69) is 16.0 Å². The molecule has 4 N–H and O–H groups in total. The molecule has 4 rings (SSSR count). The van der Waals surface area contributed by atoms with Crippen LogP contribution in [0.1, 0.15) is 36.1 Å².